The van der Waals surface area contributed by atoms with Crippen LogP contribution in [0.3, 0.4) is 0 Å². The predicted octanol–water partition coefficient (Wildman–Crippen LogP) is 6.08. The third-order valence-electron chi connectivity index (χ3n) is 5.50. The number of benzene rings is 3. The average Bonchev–Trinajstić information content (AvgIpc) is 3.21. The monoisotopic (exact) mass is 387 g/mol. The number of aromatic nitrogens is 3. The van der Waals surface area contributed by atoms with Gasteiger partial charge in [0.1, 0.15) is 17.0 Å². The Hall–Kier alpha value is -4.18. The van der Waals surface area contributed by atoms with Crippen LogP contribution in [-0.4, -0.2) is 19.5 Å². The largest absolute Gasteiger partial charge is 0.508 e. The summed E-state index contributed by atoms with van der Waals surface area (Å²) < 4.78 is 2.12. The van der Waals surface area contributed by atoms with Crippen LogP contribution in [-0.2, 0) is 0 Å². The third kappa shape index (κ3) is 2.40. The number of fused-ring (bicyclic) bond motifs is 6. The summed E-state index contributed by atoms with van der Waals surface area (Å²) in [5, 5.41) is 13.2. The molecule has 0 saturated heterocycles. The van der Waals surface area contributed by atoms with Gasteiger partial charge in [-0.2, -0.15) is 0 Å². The summed E-state index contributed by atoms with van der Waals surface area (Å²) in [5.74, 6) is 0.221. The molecule has 6 aromatic rings. The molecule has 4 nitrogen and oxygen atoms in total. The minimum Gasteiger partial charge on any atom is -0.508 e. The first-order valence-electron chi connectivity index (χ1n) is 9.84. The quantitative estimate of drug-likeness (QED) is 0.367. The highest BCUT2D eigenvalue weighted by atomic mass is 16.3. The van der Waals surface area contributed by atoms with Gasteiger partial charge < -0.3 is 5.11 Å². The lowest BCUT2D eigenvalue weighted by atomic mass is 10.0. The zero-order valence-corrected chi connectivity index (χ0v) is 16.0. The zero-order valence-electron chi connectivity index (χ0n) is 16.0. The van der Waals surface area contributed by atoms with Gasteiger partial charge in [-0.25, -0.2) is 9.97 Å². The fourth-order valence-corrected chi connectivity index (χ4v) is 4.20. The molecule has 0 aliphatic heterocycles. The second-order valence-corrected chi connectivity index (χ2v) is 7.30. The topological polar surface area (TPSA) is 50.4 Å². The van der Waals surface area contributed by atoms with Crippen LogP contribution < -0.4 is 0 Å². The molecule has 0 saturated carbocycles. The van der Waals surface area contributed by atoms with E-state index in [2.05, 4.69) is 34.7 Å². The Balaban J connectivity index is 1.90. The lowest BCUT2D eigenvalue weighted by Gasteiger charge is -2.11. The first-order chi connectivity index (χ1) is 14.8. The molecule has 30 heavy (non-hydrogen) atoms. The number of imidazole rings is 1. The number of hydrogen-bond donors (Lipinski definition) is 1. The van der Waals surface area contributed by atoms with Gasteiger partial charge in [-0.05, 0) is 35.7 Å². The maximum absolute atomic E-state index is 10.2. The summed E-state index contributed by atoms with van der Waals surface area (Å²) >= 11 is 0. The predicted molar refractivity (Wildman–Crippen MR) is 121 cm³/mol. The molecule has 0 unspecified atom stereocenters. The molecule has 3 aromatic carbocycles. The maximum Gasteiger partial charge on any atom is 0.147 e. The molecule has 0 atom stereocenters. The number of nitrogens with zero attached hydrogens (tertiary/aromatic N) is 3. The molecule has 0 spiro atoms. The van der Waals surface area contributed by atoms with Crippen LogP contribution in [0.5, 0.6) is 5.75 Å². The minimum absolute atomic E-state index is 0.221. The van der Waals surface area contributed by atoms with Crippen molar-refractivity contribution < 1.29 is 5.11 Å². The SMILES string of the molecule is Oc1ccc2c3cccnc3n3c(-c4ccccc4)c(-c4ccccc4)nc3c2c1. The van der Waals surface area contributed by atoms with Gasteiger partial charge in [0.2, 0.25) is 0 Å². The van der Waals surface area contributed by atoms with E-state index in [0.29, 0.717) is 0 Å². The first-order valence-corrected chi connectivity index (χ1v) is 9.84. The van der Waals surface area contributed by atoms with Crippen LogP contribution >= 0.6 is 0 Å². The summed E-state index contributed by atoms with van der Waals surface area (Å²) in [6.45, 7) is 0. The summed E-state index contributed by atoms with van der Waals surface area (Å²) in [4.78, 5) is 9.83. The Morgan fingerprint density at radius 1 is 0.633 bits per heavy atom. The van der Waals surface area contributed by atoms with Crippen LogP contribution in [0.1, 0.15) is 0 Å². The maximum atomic E-state index is 10.2. The molecule has 0 radical (unpaired) electrons. The van der Waals surface area contributed by atoms with E-state index < -0.39 is 0 Å². The minimum atomic E-state index is 0.221. The van der Waals surface area contributed by atoms with Crippen molar-refractivity contribution in [1.82, 2.24) is 14.4 Å². The van der Waals surface area contributed by atoms with Crippen molar-refractivity contribution in [3.05, 3.63) is 97.2 Å². The fraction of sp³-hybridized carbons (Fsp3) is 0. The van der Waals surface area contributed by atoms with Gasteiger partial charge in [0.05, 0.1) is 11.4 Å². The second kappa shape index (κ2) is 6.42. The van der Waals surface area contributed by atoms with Crippen molar-refractivity contribution in [2.75, 3.05) is 0 Å². The van der Waals surface area contributed by atoms with E-state index in [4.69, 9.17) is 9.97 Å². The van der Waals surface area contributed by atoms with Gasteiger partial charge in [0, 0.05) is 28.1 Å². The van der Waals surface area contributed by atoms with E-state index in [-0.39, 0.29) is 5.75 Å². The van der Waals surface area contributed by atoms with Gasteiger partial charge in [-0.1, -0.05) is 60.7 Å². The van der Waals surface area contributed by atoms with E-state index in [9.17, 15) is 5.11 Å². The Morgan fingerprint density at radius 3 is 2.13 bits per heavy atom. The number of phenols is 1. The molecule has 0 aliphatic carbocycles. The summed E-state index contributed by atoms with van der Waals surface area (Å²) in [7, 11) is 0. The van der Waals surface area contributed by atoms with Crippen molar-refractivity contribution >= 4 is 27.5 Å². The van der Waals surface area contributed by atoms with Gasteiger partial charge >= 0.3 is 0 Å². The molecular weight excluding hydrogens is 370 g/mol. The van der Waals surface area contributed by atoms with Crippen molar-refractivity contribution in [2.24, 2.45) is 0 Å². The molecule has 0 aliphatic rings. The van der Waals surface area contributed by atoms with Gasteiger partial charge in [-0.3, -0.25) is 4.40 Å². The molecule has 3 heterocycles. The molecule has 3 aromatic heterocycles. The van der Waals surface area contributed by atoms with Crippen LogP contribution in [0, 0.1) is 0 Å². The number of pyridine rings is 2. The first kappa shape index (κ1) is 16.7. The van der Waals surface area contributed by atoms with Gasteiger partial charge in [0.15, 0.2) is 0 Å². The number of rotatable bonds is 2. The van der Waals surface area contributed by atoms with E-state index in [1.54, 1.807) is 12.1 Å². The number of aromatic hydroxyl groups is 1. The second-order valence-electron chi connectivity index (χ2n) is 7.30. The average molecular weight is 387 g/mol. The highest BCUT2D eigenvalue weighted by Gasteiger charge is 2.21. The van der Waals surface area contributed by atoms with Crippen LogP contribution in [0.2, 0.25) is 0 Å². The lowest BCUT2D eigenvalue weighted by Crippen LogP contribution is -1.96. The van der Waals surface area contributed by atoms with Crippen LogP contribution in [0.25, 0.3) is 50.0 Å². The molecule has 4 heteroatoms. The molecule has 0 fully saturated rings. The summed E-state index contributed by atoms with van der Waals surface area (Å²) in [5.41, 5.74) is 5.62. The smallest absolute Gasteiger partial charge is 0.147 e. The Morgan fingerprint density at radius 2 is 1.37 bits per heavy atom. The molecule has 142 valence electrons. The molecular formula is C26H17N3O. The van der Waals surface area contributed by atoms with Gasteiger partial charge in [0.25, 0.3) is 0 Å². The number of hydrogen-bond acceptors (Lipinski definition) is 3. The molecule has 1 N–H and O–H groups in total. The Kier molecular flexibility index (Phi) is 3.59. The van der Waals surface area contributed by atoms with Crippen molar-refractivity contribution in [3.63, 3.8) is 0 Å². The van der Waals surface area contributed by atoms with Crippen molar-refractivity contribution in [1.29, 1.82) is 0 Å². The van der Waals surface area contributed by atoms with E-state index >= 15 is 0 Å². The van der Waals surface area contributed by atoms with E-state index in [1.165, 1.54) is 0 Å². The third-order valence-corrected chi connectivity index (χ3v) is 5.50. The van der Waals surface area contributed by atoms with E-state index in [1.807, 2.05) is 54.7 Å². The summed E-state index contributed by atoms with van der Waals surface area (Å²) in [6.07, 6.45) is 1.81. The fourth-order valence-electron chi connectivity index (χ4n) is 4.20. The standard InChI is InChI=1S/C26H17N3O/c30-19-13-14-20-21-12-7-15-27-25(21)29-24(18-10-5-2-6-11-18)23(17-8-3-1-4-9-17)28-26(29)22(20)16-19/h1-16,30H. The summed E-state index contributed by atoms with van der Waals surface area (Å²) in [6, 6.07) is 29.9. The lowest BCUT2D eigenvalue weighted by molar-refractivity contribution is 0.476. The number of phenolic OH excluding ortho intramolecular Hbond substituents is 1. The molecule has 6 rings (SSSR count). The van der Waals surface area contributed by atoms with Crippen LogP contribution in [0.15, 0.2) is 97.2 Å². The Labute approximate surface area is 172 Å². The highest BCUT2D eigenvalue weighted by molar-refractivity contribution is 6.12. The normalized spacial score (nSPS) is 11.5. The van der Waals surface area contributed by atoms with E-state index in [0.717, 1.165) is 50.0 Å². The Bertz CT molecular complexity index is 1540. The molecule has 0 amide bonds. The van der Waals surface area contributed by atoms with Crippen LogP contribution in [0.4, 0.5) is 0 Å². The highest BCUT2D eigenvalue weighted by Crippen LogP contribution is 2.38. The van der Waals surface area contributed by atoms with Crippen molar-refractivity contribution in [3.8, 4) is 28.3 Å². The van der Waals surface area contributed by atoms with Crippen molar-refractivity contribution in [2.45, 2.75) is 0 Å². The zero-order chi connectivity index (χ0) is 20.1. The molecule has 0 bridgehead atoms. The van der Waals surface area contributed by atoms with Gasteiger partial charge in [-0.15, -0.1) is 0 Å².